The summed E-state index contributed by atoms with van der Waals surface area (Å²) < 4.78 is 1.89. The summed E-state index contributed by atoms with van der Waals surface area (Å²) in [5.41, 5.74) is 6.96. The third-order valence-corrected chi connectivity index (χ3v) is 7.46. The molecule has 7 heteroatoms. The van der Waals surface area contributed by atoms with Gasteiger partial charge in [-0.25, -0.2) is 0 Å². The highest BCUT2D eigenvalue weighted by molar-refractivity contribution is 5.95. The number of hydrogen-bond donors (Lipinski definition) is 1. The summed E-state index contributed by atoms with van der Waals surface area (Å²) in [5.74, 6) is -0.000836. The predicted molar refractivity (Wildman–Crippen MR) is 140 cm³/mol. The van der Waals surface area contributed by atoms with E-state index in [1.165, 1.54) is 11.3 Å². The zero-order chi connectivity index (χ0) is 25.2. The van der Waals surface area contributed by atoms with Crippen LogP contribution in [0.2, 0.25) is 0 Å². The number of carbonyl (C=O) groups excluding carboxylic acids is 2. The number of fused-ring (bicyclic) bond motifs is 1. The van der Waals surface area contributed by atoms with Gasteiger partial charge in [0, 0.05) is 63.0 Å². The Hall–Kier alpha value is -3.45. The molecular formula is C29H35N5O2. The lowest BCUT2D eigenvalue weighted by Crippen LogP contribution is -2.33. The lowest BCUT2D eigenvalue weighted by Gasteiger charge is -2.28. The Morgan fingerprint density at radius 3 is 2.39 bits per heavy atom. The van der Waals surface area contributed by atoms with Crippen molar-refractivity contribution in [1.29, 1.82) is 0 Å². The van der Waals surface area contributed by atoms with E-state index >= 15 is 0 Å². The van der Waals surface area contributed by atoms with Gasteiger partial charge in [0.2, 0.25) is 0 Å². The van der Waals surface area contributed by atoms with Crippen molar-refractivity contribution >= 4 is 11.8 Å². The Morgan fingerprint density at radius 1 is 1.00 bits per heavy atom. The van der Waals surface area contributed by atoms with Crippen molar-refractivity contribution in [2.45, 2.75) is 52.2 Å². The van der Waals surface area contributed by atoms with Crippen LogP contribution in [-0.2, 0) is 26.6 Å². The van der Waals surface area contributed by atoms with Crippen molar-refractivity contribution in [2.75, 3.05) is 19.6 Å². The first-order valence-electron chi connectivity index (χ1n) is 12.9. The summed E-state index contributed by atoms with van der Waals surface area (Å²) in [4.78, 5) is 30.1. The summed E-state index contributed by atoms with van der Waals surface area (Å²) in [6.07, 6.45) is 3.03. The second-order valence-corrected chi connectivity index (χ2v) is 10.2. The maximum atomic E-state index is 13.1. The van der Waals surface area contributed by atoms with Crippen LogP contribution in [0.15, 0.2) is 48.5 Å². The van der Waals surface area contributed by atoms with Gasteiger partial charge in [-0.2, -0.15) is 5.10 Å². The molecule has 1 aromatic heterocycles. The number of amides is 2. The van der Waals surface area contributed by atoms with E-state index in [9.17, 15) is 9.59 Å². The Balaban J connectivity index is 1.22. The van der Waals surface area contributed by atoms with Gasteiger partial charge < -0.3 is 10.2 Å². The first-order chi connectivity index (χ1) is 17.4. The zero-order valence-corrected chi connectivity index (χ0v) is 21.5. The number of rotatable bonds is 6. The monoisotopic (exact) mass is 485 g/mol. The van der Waals surface area contributed by atoms with E-state index in [0.717, 1.165) is 62.1 Å². The number of benzene rings is 2. The van der Waals surface area contributed by atoms with E-state index in [1.807, 2.05) is 47.8 Å². The van der Waals surface area contributed by atoms with Gasteiger partial charge in [0.25, 0.3) is 11.8 Å². The van der Waals surface area contributed by atoms with Gasteiger partial charge in [0.05, 0.1) is 6.04 Å². The van der Waals surface area contributed by atoms with Crippen LogP contribution in [0.4, 0.5) is 0 Å². The Kier molecular flexibility index (Phi) is 6.92. The molecule has 1 atom stereocenters. The summed E-state index contributed by atoms with van der Waals surface area (Å²) in [5, 5.41) is 7.70. The van der Waals surface area contributed by atoms with Crippen LogP contribution >= 0.6 is 0 Å². The van der Waals surface area contributed by atoms with Gasteiger partial charge in [-0.3, -0.25) is 19.2 Å². The van der Waals surface area contributed by atoms with E-state index in [4.69, 9.17) is 0 Å². The SMILES string of the molecule is Cc1ccc([C@@H](C)NC(=O)c2ccc(CN3CCc4c(c(C(=O)N5CCCC5)nn4C)C3)cc2)cc1. The third kappa shape index (κ3) is 5.07. The number of carbonyl (C=O) groups is 2. The summed E-state index contributed by atoms with van der Waals surface area (Å²) in [7, 11) is 1.94. The molecule has 7 nitrogen and oxygen atoms in total. The molecule has 0 saturated carbocycles. The normalized spacial score (nSPS) is 16.6. The molecule has 0 radical (unpaired) electrons. The van der Waals surface area contributed by atoms with Crippen LogP contribution in [0.5, 0.6) is 0 Å². The average molecular weight is 486 g/mol. The molecule has 2 aromatic carbocycles. The molecule has 5 rings (SSSR count). The molecule has 2 amide bonds. The molecule has 2 aliphatic heterocycles. The maximum Gasteiger partial charge on any atom is 0.274 e. The first-order valence-corrected chi connectivity index (χ1v) is 12.9. The van der Waals surface area contributed by atoms with Gasteiger partial charge in [-0.1, -0.05) is 42.0 Å². The smallest absolute Gasteiger partial charge is 0.274 e. The molecule has 3 aromatic rings. The van der Waals surface area contributed by atoms with Crippen molar-refractivity contribution in [3.63, 3.8) is 0 Å². The molecular weight excluding hydrogens is 450 g/mol. The zero-order valence-electron chi connectivity index (χ0n) is 21.5. The van der Waals surface area contributed by atoms with Gasteiger partial charge in [0.15, 0.2) is 5.69 Å². The van der Waals surface area contributed by atoms with Gasteiger partial charge in [-0.15, -0.1) is 0 Å². The van der Waals surface area contributed by atoms with E-state index in [1.54, 1.807) is 0 Å². The predicted octanol–water partition coefficient (Wildman–Crippen LogP) is 4.01. The van der Waals surface area contributed by atoms with Crippen molar-refractivity contribution < 1.29 is 9.59 Å². The van der Waals surface area contributed by atoms with E-state index in [2.05, 4.69) is 46.5 Å². The van der Waals surface area contributed by atoms with Crippen molar-refractivity contribution in [1.82, 2.24) is 24.9 Å². The molecule has 1 fully saturated rings. The van der Waals surface area contributed by atoms with Crippen LogP contribution in [0.1, 0.15) is 74.6 Å². The minimum Gasteiger partial charge on any atom is -0.346 e. The molecule has 0 unspecified atom stereocenters. The molecule has 3 heterocycles. The molecule has 188 valence electrons. The van der Waals surface area contributed by atoms with Crippen molar-refractivity contribution in [2.24, 2.45) is 7.05 Å². The number of hydrogen-bond acceptors (Lipinski definition) is 4. The van der Waals surface area contributed by atoms with Crippen molar-refractivity contribution in [3.8, 4) is 0 Å². The minimum atomic E-state index is -0.0716. The van der Waals surface area contributed by atoms with Crippen LogP contribution in [-0.4, -0.2) is 51.0 Å². The van der Waals surface area contributed by atoms with E-state index in [-0.39, 0.29) is 17.9 Å². The highest BCUT2D eigenvalue weighted by Gasteiger charge is 2.30. The van der Waals surface area contributed by atoms with Crippen molar-refractivity contribution in [3.05, 3.63) is 87.7 Å². The molecule has 36 heavy (non-hydrogen) atoms. The van der Waals surface area contributed by atoms with E-state index < -0.39 is 0 Å². The topological polar surface area (TPSA) is 70.5 Å². The summed E-state index contributed by atoms with van der Waals surface area (Å²) in [6, 6.07) is 16.0. The largest absolute Gasteiger partial charge is 0.346 e. The summed E-state index contributed by atoms with van der Waals surface area (Å²) >= 11 is 0. The van der Waals surface area contributed by atoms with Gasteiger partial charge >= 0.3 is 0 Å². The fourth-order valence-electron chi connectivity index (χ4n) is 5.26. The maximum absolute atomic E-state index is 13.1. The molecule has 1 N–H and O–H groups in total. The number of aryl methyl sites for hydroxylation is 2. The average Bonchev–Trinajstić information content (AvgIpc) is 3.53. The second kappa shape index (κ2) is 10.3. The van der Waals surface area contributed by atoms with E-state index in [0.29, 0.717) is 17.8 Å². The molecule has 2 aliphatic rings. The highest BCUT2D eigenvalue weighted by atomic mass is 16.2. The second-order valence-electron chi connectivity index (χ2n) is 10.2. The van der Waals surface area contributed by atoms with Crippen LogP contribution in [0.3, 0.4) is 0 Å². The lowest BCUT2D eigenvalue weighted by atomic mass is 10.0. The standard InChI is InChI=1S/C29H35N5O2/c1-20-6-10-23(11-7-20)21(2)30-28(35)24-12-8-22(9-13-24)18-33-17-14-26-25(19-33)27(31-32(26)3)29(36)34-15-4-5-16-34/h6-13,21H,4-5,14-19H2,1-3H3,(H,30,35)/t21-/m1/s1. The lowest BCUT2D eigenvalue weighted by molar-refractivity contribution is 0.0783. The fraction of sp³-hybridized carbons (Fsp3) is 0.414. The fourth-order valence-corrected chi connectivity index (χ4v) is 5.26. The minimum absolute atomic E-state index is 0.0581. The Bertz CT molecular complexity index is 1240. The molecule has 0 spiro atoms. The highest BCUT2D eigenvalue weighted by Crippen LogP contribution is 2.25. The Labute approximate surface area is 213 Å². The number of likely N-dealkylation sites (tertiary alicyclic amines) is 1. The molecule has 0 bridgehead atoms. The first kappa shape index (κ1) is 24.3. The van der Waals surface area contributed by atoms with Gasteiger partial charge in [0.1, 0.15) is 0 Å². The van der Waals surface area contributed by atoms with Crippen LogP contribution < -0.4 is 5.32 Å². The quantitative estimate of drug-likeness (QED) is 0.573. The van der Waals surface area contributed by atoms with Crippen LogP contribution in [0, 0.1) is 6.92 Å². The number of nitrogens with zero attached hydrogens (tertiary/aromatic N) is 4. The number of aromatic nitrogens is 2. The third-order valence-electron chi connectivity index (χ3n) is 7.46. The van der Waals surface area contributed by atoms with Gasteiger partial charge in [-0.05, 0) is 49.9 Å². The van der Waals surface area contributed by atoms with Crippen LogP contribution in [0.25, 0.3) is 0 Å². The molecule has 0 aliphatic carbocycles. The Morgan fingerprint density at radius 2 is 1.69 bits per heavy atom. The summed E-state index contributed by atoms with van der Waals surface area (Å²) in [6.45, 7) is 8.13. The number of nitrogens with one attached hydrogen (secondary N) is 1. The molecule has 1 saturated heterocycles.